The zero-order chi connectivity index (χ0) is 11.8. The monoisotopic (exact) mass is 304 g/mol. The minimum Gasteiger partial charge on any atom is -0.354 e. The summed E-state index contributed by atoms with van der Waals surface area (Å²) >= 11 is 3.32. The summed E-state index contributed by atoms with van der Waals surface area (Å²) in [6.45, 7) is 2.80. The SMILES string of the molecule is CC1CN(c2ccc(Br)cn2)CCS1(=O)=O. The highest BCUT2D eigenvalue weighted by Gasteiger charge is 2.29. The predicted molar refractivity (Wildman–Crippen MR) is 67.4 cm³/mol. The van der Waals surface area contributed by atoms with E-state index in [4.69, 9.17) is 0 Å². The minimum atomic E-state index is -2.89. The van der Waals surface area contributed by atoms with Gasteiger partial charge >= 0.3 is 0 Å². The zero-order valence-electron chi connectivity index (χ0n) is 8.93. The third-order valence-electron chi connectivity index (χ3n) is 2.77. The second-order valence-electron chi connectivity index (χ2n) is 3.96. The van der Waals surface area contributed by atoms with Crippen molar-refractivity contribution in [1.29, 1.82) is 0 Å². The molecule has 1 unspecified atom stereocenters. The van der Waals surface area contributed by atoms with Crippen LogP contribution in [0, 0.1) is 0 Å². The average molecular weight is 305 g/mol. The molecule has 88 valence electrons. The van der Waals surface area contributed by atoms with Crippen LogP contribution in [-0.2, 0) is 9.84 Å². The first-order valence-electron chi connectivity index (χ1n) is 5.07. The van der Waals surface area contributed by atoms with Gasteiger partial charge in [-0.1, -0.05) is 0 Å². The van der Waals surface area contributed by atoms with Crippen LogP contribution in [0.3, 0.4) is 0 Å². The van der Waals surface area contributed by atoms with E-state index >= 15 is 0 Å². The molecule has 1 fully saturated rings. The summed E-state index contributed by atoms with van der Waals surface area (Å²) in [6.07, 6.45) is 1.73. The summed E-state index contributed by atoms with van der Waals surface area (Å²) in [7, 11) is -2.89. The molecule has 16 heavy (non-hydrogen) atoms. The molecule has 2 heterocycles. The molecule has 0 spiro atoms. The highest BCUT2D eigenvalue weighted by molar-refractivity contribution is 9.10. The molecule has 0 aliphatic carbocycles. The van der Waals surface area contributed by atoms with Gasteiger partial charge in [0.2, 0.25) is 0 Å². The van der Waals surface area contributed by atoms with Crippen molar-refractivity contribution in [2.75, 3.05) is 23.7 Å². The lowest BCUT2D eigenvalue weighted by Gasteiger charge is -2.31. The van der Waals surface area contributed by atoms with Gasteiger partial charge in [0.1, 0.15) is 5.82 Å². The van der Waals surface area contributed by atoms with Crippen LogP contribution in [0.2, 0.25) is 0 Å². The fraction of sp³-hybridized carbons (Fsp3) is 0.500. The molecule has 0 aromatic carbocycles. The largest absolute Gasteiger partial charge is 0.354 e. The molecule has 0 N–H and O–H groups in total. The Bertz CT molecular complexity index is 472. The van der Waals surface area contributed by atoms with Crippen LogP contribution in [0.4, 0.5) is 5.82 Å². The fourth-order valence-electron chi connectivity index (χ4n) is 1.72. The molecule has 1 aliphatic rings. The van der Waals surface area contributed by atoms with Crippen molar-refractivity contribution in [1.82, 2.24) is 4.98 Å². The van der Waals surface area contributed by atoms with E-state index in [1.54, 1.807) is 13.1 Å². The van der Waals surface area contributed by atoms with Gasteiger partial charge in [-0.15, -0.1) is 0 Å². The summed E-state index contributed by atoms with van der Waals surface area (Å²) in [5.74, 6) is 1.05. The molecule has 0 radical (unpaired) electrons. The Labute approximate surface area is 104 Å². The van der Waals surface area contributed by atoms with Crippen molar-refractivity contribution in [3.05, 3.63) is 22.8 Å². The van der Waals surface area contributed by atoms with Gasteiger partial charge in [-0.3, -0.25) is 0 Å². The highest BCUT2D eigenvalue weighted by atomic mass is 79.9. The smallest absolute Gasteiger partial charge is 0.156 e. The number of hydrogen-bond donors (Lipinski definition) is 0. The normalized spacial score (nSPS) is 24.4. The maximum Gasteiger partial charge on any atom is 0.156 e. The molecular formula is C10H13BrN2O2S. The molecule has 1 aromatic heterocycles. The molecule has 4 nitrogen and oxygen atoms in total. The molecule has 1 saturated heterocycles. The number of anilines is 1. The van der Waals surface area contributed by atoms with E-state index in [1.165, 1.54) is 0 Å². The summed E-state index contributed by atoms with van der Waals surface area (Å²) in [6, 6.07) is 3.81. The van der Waals surface area contributed by atoms with Crippen LogP contribution in [0.5, 0.6) is 0 Å². The topological polar surface area (TPSA) is 50.3 Å². The molecule has 1 aromatic rings. The number of hydrogen-bond acceptors (Lipinski definition) is 4. The van der Waals surface area contributed by atoms with E-state index in [2.05, 4.69) is 20.9 Å². The lowest BCUT2D eigenvalue weighted by atomic mass is 10.3. The van der Waals surface area contributed by atoms with Crippen LogP contribution >= 0.6 is 15.9 Å². The minimum absolute atomic E-state index is 0.214. The fourth-order valence-corrected chi connectivity index (χ4v) is 3.24. The molecule has 1 atom stereocenters. The van der Waals surface area contributed by atoms with Crippen LogP contribution in [-0.4, -0.2) is 37.5 Å². The summed E-state index contributed by atoms with van der Waals surface area (Å²) in [4.78, 5) is 6.28. The first-order chi connectivity index (χ1) is 7.49. The van der Waals surface area contributed by atoms with E-state index in [9.17, 15) is 8.42 Å². The van der Waals surface area contributed by atoms with Crippen molar-refractivity contribution >= 4 is 31.6 Å². The number of nitrogens with zero attached hydrogens (tertiary/aromatic N) is 2. The van der Waals surface area contributed by atoms with Crippen LogP contribution in [0.25, 0.3) is 0 Å². The van der Waals surface area contributed by atoms with Gasteiger partial charge in [-0.25, -0.2) is 13.4 Å². The van der Waals surface area contributed by atoms with Gasteiger partial charge in [0.25, 0.3) is 0 Å². The van der Waals surface area contributed by atoms with E-state index < -0.39 is 9.84 Å². The van der Waals surface area contributed by atoms with Crippen molar-refractivity contribution in [2.24, 2.45) is 0 Å². The van der Waals surface area contributed by atoms with Gasteiger partial charge in [0.15, 0.2) is 9.84 Å². The van der Waals surface area contributed by atoms with Gasteiger partial charge in [-0.2, -0.15) is 0 Å². The Hall–Kier alpha value is -0.620. The van der Waals surface area contributed by atoms with Gasteiger partial charge in [0.05, 0.1) is 11.0 Å². The van der Waals surface area contributed by atoms with Crippen molar-refractivity contribution in [3.8, 4) is 0 Å². The van der Waals surface area contributed by atoms with Crippen molar-refractivity contribution in [2.45, 2.75) is 12.2 Å². The van der Waals surface area contributed by atoms with Gasteiger partial charge in [-0.05, 0) is 35.0 Å². The summed E-state index contributed by atoms with van der Waals surface area (Å²) < 4.78 is 24.0. The first-order valence-corrected chi connectivity index (χ1v) is 7.58. The molecule has 0 saturated carbocycles. The first kappa shape index (κ1) is 11.9. The number of aromatic nitrogens is 1. The summed E-state index contributed by atoms with van der Waals surface area (Å²) in [5, 5.41) is -0.313. The third-order valence-corrected chi connectivity index (χ3v) is 5.37. The second-order valence-corrected chi connectivity index (χ2v) is 7.41. The standard InChI is InChI=1S/C10H13BrN2O2S/c1-8-7-13(4-5-16(8,14)15)10-3-2-9(11)6-12-10/h2-3,6,8H,4-5,7H2,1H3. The quantitative estimate of drug-likeness (QED) is 0.788. The molecule has 1 aliphatic heterocycles. The Balaban J connectivity index is 2.16. The van der Waals surface area contributed by atoms with E-state index in [1.807, 2.05) is 17.0 Å². The number of rotatable bonds is 1. The number of pyridine rings is 1. The van der Waals surface area contributed by atoms with E-state index in [-0.39, 0.29) is 11.0 Å². The number of sulfone groups is 1. The van der Waals surface area contributed by atoms with Crippen molar-refractivity contribution < 1.29 is 8.42 Å². The highest BCUT2D eigenvalue weighted by Crippen LogP contribution is 2.19. The van der Waals surface area contributed by atoms with E-state index in [0.29, 0.717) is 13.1 Å². The Kier molecular flexibility index (Phi) is 3.21. The van der Waals surface area contributed by atoms with Crippen LogP contribution < -0.4 is 4.90 Å². The number of halogens is 1. The Morgan fingerprint density at radius 3 is 2.81 bits per heavy atom. The maximum atomic E-state index is 11.6. The molecule has 0 bridgehead atoms. The van der Waals surface area contributed by atoms with Crippen LogP contribution in [0.15, 0.2) is 22.8 Å². The molecule has 2 rings (SSSR count). The Morgan fingerprint density at radius 1 is 1.50 bits per heavy atom. The van der Waals surface area contributed by atoms with Gasteiger partial charge in [0, 0.05) is 23.8 Å². The van der Waals surface area contributed by atoms with Crippen molar-refractivity contribution in [3.63, 3.8) is 0 Å². The van der Waals surface area contributed by atoms with Gasteiger partial charge < -0.3 is 4.90 Å². The molecule has 0 amide bonds. The summed E-state index contributed by atoms with van der Waals surface area (Å²) in [5.41, 5.74) is 0. The predicted octanol–water partition coefficient (Wildman–Crippen LogP) is 1.47. The lowest BCUT2D eigenvalue weighted by Crippen LogP contribution is -2.45. The average Bonchev–Trinajstić information content (AvgIpc) is 2.24. The lowest BCUT2D eigenvalue weighted by molar-refractivity contribution is 0.568. The van der Waals surface area contributed by atoms with E-state index in [0.717, 1.165) is 10.3 Å². The zero-order valence-corrected chi connectivity index (χ0v) is 11.3. The maximum absolute atomic E-state index is 11.6. The third kappa shape index (κ3) is 2.38. The molecule has 6 heteroatoms. The second kappa shape index (κ2) is 4.33. The van der Waals surface area contributed by atoms with Crippen LogP contribution in [0.1, 0.15) is 6.92 Å². The Morgan fingerprint density at radius 2 is 2.25 bits per heavy atom. The molecular weight excluding hydrogens is 292 g/mol.